The van der Waals surface area contributed by atoms with E-state index in [1.807, 2.05) is 0 Å². The van der Waals surface area contributed by atoms with Gasteiger partial charge in [0.05, 0.1) is 11.3 Å². The zero-order chi connectivity index (χ0) is 7.78. The van der Waals surface area contributed by atoms with Gasteiger partial charge >= 0.3 is 0 Å². The van der Waals surface area contributed by atoms with Crippen molar-refractivity contribution in [3.63, 3.8) is 0 Å². The van der Waals surface area contributed by atoms with Gasteiger partial charge in [0, 0.05) is 6.42 Å². The molecule has 0 saturated heterocycles. The predicted molar refractivity (Wildman–Crippen MR) is 42.9 cm³/mol. The Morgan fingerprint density at radius 1 is 1.60 bits per heavy atom. The summed E-state index contributed by atoms with van der Waals surface area (Å²) in [6, 6.07) is 0. The quantitative estimate of drug-likeness (QED) is 0.530. The number of rotatable bonds is 0. The molecular formula is C8H13ClO. The van der Waals surface area contributed by atoms with E-state index in [1.165, 1.54) is 0 Å². The molecule has 0 fully saturated rings. The first-order valence-electron chi connectivity index (χ1n) is 3.50. The van der Waals surface area contributed by atoms with Crippen molar-refractivity contribution < 1.29 is 4.74 Å². The summed E-state index contributed by atoms with van der Waals surface area (Å²) >= 11 is 5.75. The SMILES string of the molecule is CC(C)(C)C1CC(Cl)=CO1. The van der Waals surface area contributed by atoms with Crippen LogP contribution in [0.5, 0.6) is 0 Å². The fourth-order valence-electron chi connectivity index (χ4n) is 0.940. The molecule has 1 heterocycles. The van der Waals surface area contributed by atoms with Crippen LogP contribution in [0.4, 0.5) is 0 Å². The second-order valence-electron chi connectivity index (χ2n) is 3.76. The molecule has 0 N–H and O–H groups in total. The maximum Gasteiger partial charge on any atom is 0.108 e. The highest BCUT2D eigenvalue weighted by molar-refractivity contribution is 6.29. The van der Waals surface area contributed by atoms with E-state index in [4.69, 9.17) is 16.3 Å². The van der Waals surface area contributed by atoms with E-state index in [0.717, 1.165) is 11.5 Å². The lowest BCUT2D eigenvalue weighted by Gasteiger charge is -2.25. The number of hydrogen-bond donors (Lipinski definition) is 0. The Morgan fingerprint density at radius 2 is 2.20 bits per heavy atom. The summed E-state index contributed by atoms with van der Waals surface area (Å²) in [7, 11) is 0. The van der Waals surface area contributed by atoms with Crippen molar-refractivity contribution >= 4 is 11.6 Å². The largest absolute Gasteiger partial charge is 0.496 e. The maximum atomic E-state index is 5.75. The summed E-state index contributed by atoms with van der Waals surface area (Å²) in [5, 5.41) is 0.833. The molecule has 2 heteroatoms. The van der Waals surface area contributed by atoms with Gasteiger partial charge in [0.25, 0.3) is 0 Å². The molecular weight excluding hydrogens is 148 g/mol. The molecule has 0 saturated carbocycles. The van der Waals surface area contributed by atoms with Crippen molar-refractivity contribution in [1.29, 1.82) is 0 Å². The first-order chi connectivity index (χ1) is 4.50. The fraction of sp³-hybridized carbons (Fsp3) is 0.750. The van der Waals surface area contributed by atoms with Crippen LogP contribution in [0.3, 0.4) is 0 Å². The molecule has 1 aliphatic rings. The second-order valence-corrected chi connectivity index (χ2v) is 4.25. The Kier molecular flexibility index (Phi) is 1.95. The first-order valence-corrected chi connectivity index (χ1v) is 3.88. The van der Waals surface area contributed by atoms with Crippen molar-refractivity contribution in [3.8, 4) is 0 Å². The molecule has 1 unspecified atom stereocenters. The summed E-state index contributed by atoms with van der Waals surface area (Å²) in [6.45, 7) is 6.46. The lowest BCUT2D eigenvalue weighted by molar-refractivity contribution is 0.0660. The van der Waals surface area contributed by atoms with Gasteiger partial charge in [-0.05, 0) is 5.41 Å². The molecule has 58 valence electrons. The van der Waals surface area contributed by atoms with Gasteiger partial charge in [-0.25, -0.2) is 0 Å². The molecule has 0 spiro atoms. The molecule has 0 amide bonds. The molecule has 10 heavy (non-hydrogen) atoms. The lowest BCUT2D eigenvalue weighted by Crippen LogP contribution is -2.24. The van der Waals surface area contributed by atoms with Gasteiger partial charge in [0.2, 0.25) is 0 Å². The Labute approximate surface area is 67.0 Å². The third-order valence-corrected chi connectivity index (χ3v) is 1.95. The molecule has 0 aliphatic carbocycles. The molecule has 0 aromatic heterocycles. The van der Waals surface area contributed by atoms with Gasteiger partial charge in [-0.1, -0.05) is 32.4 Å². The average Bonchev–Trinajstić information content (AvgIpc) is 2.11. The van der Waals surface area contributed by atoms with Gasteiger partial charge < -0.3 is 4.74 Å². The summed E-state index contributed by atoms with van der Waals surface area (Å²) in [5.74, 6) is 0. The van der Waals surface area contributed by atoms with E-state index >= 15 is 0 Å². The van der Waals surface area contributed by atoms with Crippen LogP contribution < -0.4 is 0 Å². The molecule has 0 aromatic carbocycles. The third kappa shape index (κ3) is 1.66. The molecule has 0 radical (unpaired) electrons. The minimum Gasteiger partial charge on any atom is -0.496 e. The Hall–Kier alpha value is -0.170. The van der Waals surface area contributed by atoms with Crippen molar-refractivity contribution in [2.75, 3.05) is 0 Å². The van der Waals surface area contributed by atoms with Gasteiger partial charge in [-0.2, -0.15) is 0 Å². The smallest absolute Gasteiger partial charge is 0.108 e. The highest BCUT2D eigenvalue weighted by Gasteiger charge is 2.29. The predicted octanol–water partition coefficient (Wildman–Crippen LogP) is 2.90. The first kappa shape index (κ1) is 7.93. The van der Waals surface area contributed by atoms with Crippen molar-refractivity contribution in [1.82, 2.24) is 0 Å². The van der Waals surface area contributed by atoms with Crippen molar-refractivity contribution in [2.24, 2.45) is 5.41 Å². The van der Waals surface area contributed by atoms with Gasteiger partial charge in [-0.3, -0.25) is 0 Å². The topological polar surface area (TPSA) is 9.23 Å². The summed E-state index contributed by atoms with van der Waals surface area (Å²) < 4.78 is 5.34. The molecule has 0 aromatic rings. The second kappa shape index (κ2) is 2.46. The highest BCUT2D eigenvalue weighted by atomic mass is 35.5. The van der Waals surface area contributed by atoms with Crippen LogP contribution in [0.2, 0.25) is 0 Å². The standard InChI is InChI=1S/C8H13ClO/c1-8(2,3)7-4-6(9)5-10-7/h5,7H,4H2,1-3H3. The molecule has 1 nitrogen and oxygen atoms in total. The summed E-state index contributed by atoms with van der Waals surface area (Å²) in [5.41, 5.74) is 0.202. The third-order valence-electron chi connectivity index (χ3n) is 1.71. The Morgan fingerprint density at radius 3 is 2.40 bits per heavy atom. The molecule has 0 bridgehead atoms. The van der Waals surface area contributed by atoms with E-state index in [1.54, 1.807) is 6.26 Å². The monoisotopic (exact) mass is 160 g/mol. The van der Waals surface area contributed by atoms with Gasteiger partial charge in [0.15, 0.2) is 0 Å². The summed E-state index contributed by atoms with van der Waals surface area (Å²) in [4.78, 5) is 0. The van der Waals surface area contributed by atoms with Crippen LogP contribution in [0, 0.1) is 5.41 Å². The van der Waals surface area contributed by atoms with Gasteiger partial charge in [-0.15, -0.1) is 0 Å². The van der Waals surface area contributed by atoms with E-state index < -0.39 is 0 Å². The van der Waals surface area contributed by atoms with Crippen molar-refractivity contribution in [2.45, 2.75) is 33.3 Å². The number of hydrogen-bond acceptors (Lipinski definition) is 1. The van der Waals surface area contributed by atoms with Crippen LogP contribution in [-0.4, -0.2) is 6.10 Å². The van der Waals surface area contributed by atoms with Crippen LogP contribution in [0.25, 0.3) is 0 Å². The van der Waals surface area contributed by atoms with Crippen LogP contribution in [-0.2, 0) is 4.74 Å². The van der Waals surface area contributed by atoms with Crippen LogP contribution in [0.1, 0.15) is 27.2 Å². The normalized spacial score (nSPS) is 26.0. The number of halogens is 1. The average molecular weight is 161 g/mol. The molecule has 1 aliphatic heterocycles. The molecule has 1 atom stereocenters. The Bertz CT molecular complexity index is 155. The minimum absolute atomic E-state index is 0.202. The van der Waals surface area contributed by atoms with Crippen LogP contribution >= 0.6 is 11.6 Å². The minimum atomic E-state index is 0.202. The van der Waals surface area contributed by atoms with E-state index in [9.17, 15) is 0 Å². The number of ether oxygens (including phenoxy) is 1. The fourth-order valence-corrected chi connectivity index (χ4v) is 1.13. The zero-order valence-electron chi connectivity index (χ0n) is 6.65. The molecule has 1 rings (SSSR count). The highest BCUT2D eigenvalue weighted by Crippen LogP contribution is 2.33. The zero-order valence-corrected chi connectivity index (χ0v) is 7.40. The lowest BCUT2D eigenvalue weighted by atomic mass is 9.88. The van der Waals surface area contributed by atoms with E-state index in [0.29, 0.717) is 0 Å². The van der Waals surface area contributed by atoms with Crippen molar-refractivity contribution in [3.05, 3.63) is 11.3 Å². The van der Waals surface area contributed by atoms with E-state index in [2.05, 4.69) is 20.8 Å². The van der Waals surface area contributed by atoms with E-state index in [-0.39, 0.29) is 11.5 Å². The summed E-state index contributed by atoms with van der Waals surface area (Å²) in [6.07, 6.45) is 2.78. The maximum absolute atomic E-state index is 5.75. The van der Waals surface area contributed by atoms with Gasteiger partial charge in [0.1, 0.15) is 6.10 Å². The van der Waals surface area contributed by atoms with Crippen LogP contribution in [0.15, 0.2) is 11.3 Å². The Balaban J connectivity index is 2.50.